The number of aromatic hydroxyl groups is 1. The molecule has 5 heteroatoms. The molecule has 1 nitrogen and oxygen atoms in total. The third kappa shape index (κ3) is 2.51. The first-order valence-electron chi connectivity index (χ1n) is 4.62. The zero-order valence-electron chi connectivity index (χ0n) is 8.35. The Labute approximate surface area is 106 Å². The standard InChI is InChI=1S/C12H6Cl2F2O/c13-7-1-6(2-8(14)3-7)9-4-10(15)11(16)5-12(9)17/h1-5,17H. The molecule has 0 heterocycles. The van der Waals surface area contributed by atoms with Gasteiger partial charge in [0.25, 0.3) is 0 Å². The molecular weight excluding hydrogens is 269 g/mol. The molecule has 0 unspecified atom stereocenters. The predicted molar refractivity (Wildman–Crippen MR) is 63.5 cm³/mol. The maximum absolute atomic E-state index is 13.1. The predicted octanol–water partition coefficient (Wildman–Crippen LogP) is 4.64. The molecular formula is C12H6Cl2F2O. The Balaban J connectivity index is 2.64. The second kappa shape index (κ2) is 4.51. The van der Waals surface area contributed by atoms with E-state index in [4.69, 9.17) is 23.2 Å². The molecule has 0 fully saturated rings. The number of hydrogen-bond acceptors (Lipinski definition) is 1. The Hall–Kier alpha value is -1.32. The van der Waals surface area contributed by atoms with Crippen LogP contribution in [0.1, 0.15) is 0 Å². The van der Waals surface area contributed by atoms with Gasteiger partial charge in [-0.1, -0.05) is 23.2 Å². The minimum absolute atomic E-state index is 0.133. The molecule has 0 aromatic heterocycles. The molecule has 0 aliphatic heterocycles. The number of hydrogen-bond donors (Lipinski definition) is 1. The molecule has 17 heavy (non-hydrogen) atoms. The molecule has 0 bridgehead atoms. The normalized spacial score (nSPS) is 10.6. The quantitative estimate of drug-likeness (QED) is 0.803. The van der Waals surface area contributed by atoms with Gasteiger partial charge in [-0.15, -0.1) is 0 Å². The van der Waals surface area contributed by atoms with Crippen molar-refractivity contribution >= 4 is 23.2 Å². The van der Waals surface area contributed by atoms with Gasteiger partial charge in [0.05, 0.1) is 0 Å². The lowest BCUT2D eigenvalue weighted by molar-refractivity contribution is 0.457. The summed E-state index contributed by atoms with van der Waals surface area (Å²) in [6, 6.07) is 6.11. The molecule has 1 N–H and O–H groups in total. The van der Waals surface area contributed by atoms with E-state index >= 15 is 0 Å². The molecule has 2 aromatic rings. The topological polar surface area (TPSA) is 20.2 Å². The summed E-state index contributed by atoms with van der Waals surface area (Å²) in [5.41, 5.74) is 0.548. The van der Waals surface area contributed by atoms with Gasteiger partial charge in [0.2, 0.25) is 0 Å². The van der Waals surface area contributed by atoms with Gasteiger partial charge < -0.3 is 5.11 Å². The van der Waals surface area contributed by atoms with Crippen LogP contribution in [0.3, 0.4) is 0 Å². The highest BCUT2D eigenvalue weighted by Crippen LogP contribution is 2.34. The van der Waals surface area contributed by atoms with Crippen LogP contribution >= 0.6 is 23.2 Å². The lowest BCUT2D eigenvalue weighted by Gasteiger charge is -2.07. The summed E-state index contributed by atoms with van der Waals surface area (Å²) >= 11 is 11.6. The van der Waals surface area contributed by atoms with Crippen LogP contribution in [0, 0.1) is 11.6 Å². The lowest BCUT2D eigenvalue weighted by Crippen LogP contribution is -1.87. The minimum atomic E-state index is -1.11. The molecule has 2 rings (SSSR count). The second-order valence-electron chi connectivity index (χ2n) is 3.44. The van der Waals surface area contributed by atoms with Gasteiger partial charge in [-0.3, -0.25) is 0 Å². The number of benzene rings is 2. The summed E-state index contributed by atoms with van der Waals surface area (Å²) in [7, 11) is 0. The summed E-state index contributed by atoms with van der Waals surface area (Å²) in [6.45, 7) is 0. The first-order valence-corrected chi connectivity index (χ1v) is 5.37. The van der Waals surface area contributed by atoms with E-state index < -0.39 is 11.6 Å². The van der Waals surface area contributed by atoms with Gasteiger partial charge >= 0.3 is 0 Å². The van der Waals surface area contributed by atoms with Gasteiger partial charge in [-0.25, -0.2) is 8.78 Å². The van der Waals surface area contributed by atoms with Crippen LogP contribution in [0.4, 0.5) is 8.78 Å². The fraction of sp³-hybridized carbons (Fsp3) is 0. The molecule has 2 aromatic carbocycles. The van der Waals surface area contributed by atoms with E-state index in [9.17, 15) is 13.9 Å². The highest BCUT2D eigenvalue weighted by molar-refractivity contribution is 6.35. The van der Waals surface area contributed by atoms with Crippen LogP contribution in [0.5, 0.6) is 5.75 Å². The average Bonchev–Trinajstić information content (AvgIpc) is 2.22. The number of halogens is 4. The Morgan fingerprint density at radius 2 is 1.35 bits per heavy atom. The third-order valence-electron chi connectivity index (χ3n) is 2.21. The molecule has 0 amide bonds. The van der Waals surface area contributed by atoms with Crippen molar-refractivity contribution in [2.75, 3.05) is 0 Å². The maximum Gasteiger partial charge on any atom is 0.162 e. The largest absolute Gasteiger partial charge is 0.507 e. The summed E-state index contributed by atoms with van der Waals surface area (Å²) < 4.78 is 25.9. The van der Waals surface area contributed by atoms with Crippen molar-refractivity contribution < 1.29 is 13.9 Å². The Bertz CT molecular complexity index is 565. The molecule has 0 spiro atoms. The summed E-state index contributed by atoms with van der Waals surface area (Å²) in [4.78, 5) is 0. The van der Waals surface area contributed by atoms with Crippen molar-refractivity contribution in [3.8, 4) is 16.9 Å². The van der Waals surface area contributed by atoms with Crippen LogP contribution in [-0.2, 0) is 0 Å². The van der Waals surface area contributed by atoms with Crippen molar-refractivity contribution in [1.82, 2.24) is 0 Å². The molecule has 0 aliphatic carbocycles. The highest BCUT2D eigenvalue weighted by atomic mass is 35.5. The Kier molecular flexibility index (Phi) is 3.22. The van der Waals surface area contributed by atoms with Gasteiger partial charge in [-0.2, -0.15) is 0 Å². The van der Waals surface area contributed by atoms with Gasteiger partial charge in [0, 0.05) is 21.7 Å². The maximum atomic E-state index is 13.1. The minimum Gasteiger partial charge on any atom is -0.507 e. The van der Waals surface area contributed by atoms with Crippen LogP contribution in [0.15, 0.2) is 30.3 Å². The molecule has 0 aliphatic rings. The summed E-state index contributed by atoms with van der Waals surface area (Å²) in [5, 5.41) is 10.2. The van der Waals surface area contributed by atoms with E-state index in [1.807, 2.05) is 0 Å². The summed E-state index contributed by atoms with van der Waals surface area (Å²) in [6.07, 6.45) is 0. The second-order valence-corrected chi connectivity index (χ2v) is 4.31. The molecule has 0 radical (unpaired) electrons. The van der Waals surface area contributed by atoms with Crippen LogP contribution < -0.4 is 0 Å². The van der Waals surface area contributed by atoms with Crippen molar-refractivity contribution in [3.63, 3.8) is 0 Å². The fourth-order valence-corrected chi connectivity index (χ4v) is 2.00. The molecule has 0 atom stereocenters. The van der Waals surface area contributed by atoms with Gasteiger partial charge in [0.15, 0.2) is 11.6 Å². The Morgan fingerprint density at radius 1 is 0.824 bits per heavy atom. The van der Waals surface area contributed by atoms with Crippen molar-refractivity contribution in [2.24, 2.45) is 0 Å². The highest BCUT2D eigenvalue weighted by Gasteiger charge is 2.11. The molecule has 0 saturated carbocycles. The molecule has 0 saturated heterocycles. The van der Waals surface area contributed by atoms with E-state index in [-0.39, 0.29) is 11.3 Å². The van der Waals surface area contributed by atoms with Crippen LogP contribution in [0.2, 0.25) is 10.0 Å². The van der Waals surface area contributed by atoms with Crippen LogP contribution in [-0.4, -0.2) is 5.11 Å². The first kappa shape index (κ1) is 12.1. The van der Waals surface area contributed by atoms with E-state index in [1.54, 1.807) is 0 Å². The van der Waals surface area contributed by atoms with E-state index in [0.717, 1.165) is 6.07 Å². The smallest absolute Gasteiger partial charge is 0.162 e. The lowest BCUT2D eigenvalue weighted by atomic mass is 10.0. The summed E-state index contributed by atoms with van der Waals surface area (Å²) in [5.74, 6) is -2.53. The van der Waals surface area contributed by atoms with Gasteiger partial charge in [0.1, 0.15) is 5.75 Å². The number of phenols is 1. The van der Waals surface area contributed by atoms with Crippen LogP contribution in [0.25, 0.3) is 11.1 Å². The molecule has 88 valence electrons. The zero-order valence-corrected chi connectivity index (χ0v) is 9.86. The first-order chi connectivity index (χ1) is 7.97. The van der Waals surface area contributed by atoms with Crippen molar-refractivity contribution in [2.45, 2.75) is 0 Å². The number of phenolic OH excluding ortho intramolecular Hbond substituents is 1. The zero-order chi connectivity index (χ0) is 12.6. The van der Waals surface area contributed by atoms with Crippen molar-refractivity contribution in [1.29, 1.82) is 0 Å². The Morgan fingerprint density at radius 3 is 1.94 bits per heavy atom. The third-order valence-corrected chi connectivity index (χ3v) is 2.65. The number of rotatable bonds is 1. The monoisotopic (exact) mass is 274 g/mol. The SMILES string of the molecule is Oc1cc(F)c(F)cc1-c1cc(Cl)cc(Cl)c1. The van der Waals surface area contributed by atoms with E-state index in [0.29, 0.717) is 21.7 Å². The van der Waals surface area contributed by atoms with Gasteiger partial charge in [-0.05, 0) is 29.8 Å². The van der Waals surface area contributed by atoms with E-state index in [2.05, 4.69) is 0 Å². The fourth-order valence-electron chi connectivity index (χ4n) is 1.48. The van der Waals surface area contributed by atoms with E-state index in [1.165, 1.54) is 18.2 Å². The van der Waals surface area contributed by atoms with Crippen molar-refractivity contribution in [3.05, 3.63) is 52.0 Å². The average molecular weight is 275 g/mol.